The molecule has 5 heterocycles. The molecule has 0 aliphatic carbocycles. The van der Waals surface area contributed by atoms with Crippen LogP contribution in [0.25, 0.3) is 11.1 Å². The molecule has 1 spiro atoms. The number of amides is 1. The van der Waals surface area contributed by atoms with Crippen molar-refractivity contribution in [3.8, 4) is 17.2 Å². The number of benzene rings is 1. The monoisotopic (exact) mass is 528 g/mol. The second-order valence-electron chi connectivity index (χ2n) is 10.6. The molecule has 194 valence electrons. The predicted molar refractivity (Wildman–Crippen MR) is 147 cm³/mol. The number of fused-ring (bicyclic) bond motifs is 1. The Morgan fingerprint density at radius 1 is 1.29 bits per heavy atom. The largest absolute Gasteiger partial charge is 0.355 e. The Morgan fingerprint density at radius 3 is 2.76 bits per heavy atom. The molecule has 9 heteroatoms. The van der Waals surface area contributed by atoms with Gasteiger partial charge in [0.05, 0.1) is 22.9 Å². The summed E-state index contributed by atoms with van der Waals surface area (Å²) in [6, 6.07) is 9.05. The van der Waals surface area contributed by atoms with Gasteiger partial charge in [0, 0.05) is 49.3 Å². The van der Waals surface area contributed by atoms with Gasteiger partial charge in [-0.25, -0.2) is 14.4 Å². The molecule has 3 aliphatic heterocycles. The number of likely N-dealkylation sites (tertiary alicyclic amines) is 1. The summed E-state index contributed by atoms with van der Waals surface area (Å²) in [6.07, 6.45) is 2.93. The van der Waals surface area contributed by atoms with Gasteiger partial charge in [0.25, 0.3) is 0 Å². The van der Waals surface area contributed by atoms with Crippen molar-refractivity contribution < 1.29 is 9.18 Å². The van der Waals surface area contributed by atoms with Gasteiger partial charge in [-0.05, 0) is 44.4 Å². The number of carbonyl (C=O) groups is 1. The van der Waals surface area contributed by atoms with Crippen LogP contribution in [0.2, 0.25) is 0 Å². The van der Waals surface area contributed by atoms with Crippen LogP contribution in [0.15, 0.2) is 42.4 Å². The Kier molecular flexibility index (Phi) is 5.95. The van der Waals surface area contributed by atoms with Crippen LogP contribution in [0.5, 0.6) is 0 Å². The summed E-state index contributed by atoms with van der Waals surface area (Å²) < 4.78 is 15.3. The molecule has 1 atom stereocenters. The molecule has 6 rings (SSSR count). The van der Waals surface area contributed by atoms with E-state index in [9.17, 15) is 10.1 Å². The van der Waals surface area contributed by atoms with E-state index in [-0.39, 0.29) is 23.2 Å². The number of carbonyl (C=O) groups excluding carboxylic acids is 1. The van der Waals surface area contributed by atoms with E-state index in [0.29, 0.717) is 48.6 Å². The van der Waals surface area contributed by atoms with Crippen LogP contribution in [0, 0.1) is 29.5 Å². The molecular weight excluding hydrogens is 499 g/mol. The highest BCUT2D eigenvalue weighted by Crippen LogP contribution is 2.46. The second kappa shape index (κ2) is 9.21. The van der Waals surface area contributed by atoms with Crippen LogP contribution in [0.4, 0.5) is 15.2 Å². The van der Waals surface area contributed by atoms with Gasteiger partial charge in [0.2, 0.25) is 5.91 Å². The summed E-state index contributed by atoms with van der Waals surface area (Å²) in [5.41, 5.74) is 6.19. The first-order chi connectivity index (χ1) is 18.4. The topological polar surface area (TPSA) is 76.4 Å². The third kappa shape index (κ3) is 3.78. The highest BCUT2D eigenvalue weighted by molar-refractivity contribution is 7.14. The average molecular weight is 529 g/mol. The quantitative estimate of drug-likeness (QED) is 0.450. The fourth-order valence-electron chi connectivity index (χ4n) is 6.37. The molecule has 2 aromatic heterocycles. The Labute approximate surface area is 225 Å². The molecule has 0 radical (unpaired) electrons. The van der Waals surface area contributed by atoms with Gasteiger partial charge in [-0.3, -0.25) is 4.79 Å². The van der Waals surface area contributed by atoms with Crippen LogP contribution in [0.1, 0.15) is 41.9 Å². The molecule has 7 nitrogen and oxygen atoms in total. The Morgan fingerprint density at radius 2 is 2.08 bits per heavy atom. The summed E-state index contributed by atoms with van der Waals surface area (Å²) in [5.74, 6) is 0.226. The van der Waals surface area contributed by atoms with Gasteiger partial charge in [-0.1, -0.05) is 24.8 Å². The minimum absolute atomic E-state index is 0.0153. The van der Waals surface area contributed by atoms with Crippen molar-refractivity contribution in [1.29, 1.82) is 5.26 Å². The van der Waals surface area contributed by atoms with Crippen molar-refractivity contribution in [3.63, 3.8) is 0 Å². The van der Waals surface area contributed by atoms with E-state index in [1.807, 2.05) is 23.4 Å². The van der Waals surface area contributed by atoms with Crippen LogP contribution < -0.4 is 9.80 Å². The van der Waals surface area contributed by atoms with Gasteiger partial charge in [-0.2, -0.15) is 5.26 Å². The first-order valence-electron chi connectivity index (χ1n) is 12.9. The van der Waals surface area contributed by atoms with E-state index in [1.54, 1.807) is 23.5 Å². The molecule has 1 unspecified atom stereocenters. The average Bonchev–Trinajstić information content (AvgIpc) is 3.54. The zero-order chi connectivity index (χ0) is 26.6. The number of pyridine rings is 1. The number of nitriles is 1. The molecule has 1 aromatic carbocycles. The molecule has 1 amide bonds. The van der Waals surface area contributed by atoms with E-state index in [2.05, 4.69) is 34.4 Å². The number of nitrogens with zero attached hydrogens (tertiary/aromatic N) is 6. The van der Waals surface area contributed by atoms with Gasteiger partial charge >= 0.3 is 0 Å². The maximum Gasteiger partial charge on any atom is 0.245 e. The maximum absolute atomic E-state index is 15.3. The molecule has 0 N–H and O–H groups in total. The molecule has 38 heavy (non-hydrogen) atoms. The Balaban J connectivity index is 1.46. The van der Waals surface area contributed by atoms with Crippen LogP contribution in [-0.2, 0) is 11.2 Å². The minimum Gasteiger partial charge on any atom is -0.355 e. The van der Waals surface area contributed by atoms with Gasteiger partial charge in [-0.15, -0.1) is 11.3 Å². The van der Waals surface area contributed by atoms with Crippen molar-refractivity contribution in [3.05, 3.63) is 70.8 Å². The molecule has 3 aliphatic rings. The van der Waals surface area contributed by atoms with Gasteiger partial charge in [0.1, 0.15) is 28.3 Å². The lowest BCUT2D eigenvalue weighted by Crippen LogP contribution is -2.59. The lowest BCUT2D eigenvalue weighted by molar-refractivity contribution is -0.136. The second-order valence-corrected chi connectivity index (χ2v) is 11.4. The predicted octanol–water partition coefficient (Wildman–Crippen LogP) is 4.87. The van der Waals surface area contributed by atoms with Crippen molar-refractivity contribution in [1.82, 2.24) is 14.9 Å². The molecule has 3 aromatic rings. The zero-order valence-corrected chi connectivity index (χ0v) is 22.4. The van der Waals surface area contributed by atoms with Gasteiger partial charge in [0.15, 0.2) is 0 Å². The summed E-state index contributed by atoms with van der Waals surface area (Å²) >= 11 is 1.61. The van der Waals surface area contributed by atoms with E-state index >= 15 is 4.39 Å². The van der Waals surface area contributed by atoms with Crippen molar-refractivity contribution >= 4 is 28.1 Å². The number of rotatable bonds is 4. The third-order valence-electron chi connectivity index (χ3n) is 8.29. The number of thiazole rings is 1. The number of aryl methyl sites for hydroxylation is 1. The normalized spacial score (nSPS) is 19.7. The van der Waals surface area contributed by atoms with Crippen LogP contribution >= 0.6 is 11.3 Å². The molecular formula is C29H29FN6OS. The Hall–Kier alpha value is -3.77. The van der Waals surface area contributed by atoms with E-state index in [1.165, 1.54) is 12.1 Å². The number of halogens is 1. The lowest BCUT2D eigenvalue weighted by atomic mass is 9.79. The van der Waals surface area contributed by atoms with Crippen molar-refractivity contribution in [2.24, 2.45) is 5.41 Å². The van der Waals surface area contributed by atoms with Crippen molar-refractivity contribution in [2.45, 2.75) is 32.7 Å². The minimum atomic E-state index is -0.341. The van der Waals surface area contributed by atoms with Crippen LogP contribution in [0.3, 0.4) is 0 Å². The third-order valence-corrected chi connectivity index (χ3v) is 9.25. The van der Waals surface area contributed by atoms with Gasteiger partial charge < -0.3 is 14.7 Å². The van der Waals surface area contributed by atoms with Crippen molar-refractivity contribution in [2.75, 3.05) is 42.5 Å². The fourth-order valence-corrected chi connectivity index (χ4v) is 7.29. The van der Waals surface area contributed by atoms with Crippen LogP contribution in [-0.4, -0.2) is 53.5 Å². The fraction of sp³-hybridized carbons (Fsp3) is 0.379. The maximum atomic E-state index is 15.3. The molecule has 0 saturated carbocycles. The summed E-state index contributed by atoms with van der Waals surface area (Å²) in [6.45, 7) is 11.3. The summed E-state index contributed by atoms with van der Waals surface area (Å²) in [7, 11) is 0. The highest BCUT2D eigenvalue weighted by atomic mass is 32.1. The first-order valence-corrected chi connectivity index (χ1v) is 13.8. The summed E-state index contributed by atoms with van der Waals surface area (Å²) in [5, 5.41) is 11.6. The lowest BCUT2D eigenvalue weighted by Gasteiger charge is -2.47. The number of aromatic nitrogens is 2. The number of anilines is 2. The highest BCUT2D eigenvalue weighted by Gasteiger charge is 2.49. The standard InChI is InChI=1S/C29H29FN6OS/c1-4-24(37)35-15-29(16-35)10-12-34(14-29)27-22(13-31)25(20-7-5-6-8-23(20)30)21-9-11-36(19(3)26(21)33-27)28-18(2)32-17-38-28/h4-8,17,19H,1,9-12,14-16H2,2-3H3. The number of hydrogen-bond acceptors (Lipinski definition) is 7. The smallest absolute Gasteiger partial charge is 0.245 e. The molecule has 0 bridgehead atoms. The molecule has 2 fully saturated rings. The van der Waals surface area contributed by atoms with E-state index in [0.717, 1.165) is 41.5 Å². The number of hydrogen-bond donors (Lipinski definition) is 0. The van der Waals surface area contributed by atoms with E-state index < -0.39 is 0 Å². The SMILES string of the molecule is C=CC(=O)N1CC2(CCN(c3nc4c(c(-c5ccccc5F)c3C#N)CCN(c3scnc3C)C4C)C2)C1. The van der Waals surface area contributed by atoms with E-state index in [4.69, 9.17) is 4.98 Å². The zero-order valence-electron chi connectivity index (χ0n) is 21.6. The Bertz CT molecular complexity index is 1490. The summed E-state index contributed by atoms with van der Waals surface area (Å²) in [4.78, 5) is 28.0. The molecule has 2 saturated heterocycles. The first kappa shape index (κ1) is 24.6.